The molecule has 23 heavy (non-hydrogen) atoms. The van der Waals surface area contributed by atoms with E-state index in [9.17, 15) is 4.79 Å². The monoisotopic (exact) mass is 313 g/mol. The Kier molecular flexibility index (Phi) is 4.32. The van der Waals surface area contributed by atoms with E-state index in [0.717, 1.165) is 30.8 Å². The van der Waals surface area contributed by atoms with Crippen molar-refractivity contribution in [1.82, 2.24) is 19.7 Å². The lowest BCUT2D eigenvalue weighted by Gasteiger charge is -2.33. The first-order chi connectivity index (χ1) is 11.0. The minimum absolute atomic E-state index is 0.0732. The van der Waals surface area contributed by atoms with Crippen LogP contribution < -0.4 is 4.90 Å². The van der Waals surface area contributed by atoms with Crippen LogP contribution >= 0.6 is 0 Å². The van der Waals surface area contributed by atoms with Crippen molar-refractivity contribution in [2.24, 2.45) is 0 Å². The summed E-state index contributed by atoms with van der Waals surface area (Å²) < 4.78 is 1.99. The average molecular weight is 313 g/mol. The van der Waals surface area contributed by atoms with Crippen molar-refractivity contribution < 1.29 is 4.79 Å². The fraction of sp³-hybridized carbons (Fsp3) is 0.471. The molecule has 0 N–H and O–H groups in total. The molecule has 6 nitrogen and oxygen atoms in total. The van der Waals surface area contributed by atoms with Crippen LogP contribution in [-0.2, 0) is 0 Å². The Morgan fingerprint density at radius 2 is 2.22 bits per heavy atom. The number of likely N-dealkylation sites (tertiary alicyclic amines) is 1. The Balaban J connectivity index is 1.75. The zero-order valence-electron chi connectivity index (χ0n) is 13.9. The Hall–Kier alpha value is -2.37. The number of aromatic nitrogens is 3. The molecule has 1 saturated heterocycles. The lowest BCUT2D eigenvalue weighted by molar-refractivity contribution is 0.0673. The number of anilines is 1. The number of carbonyl (C=O) groups is 1. The van der Waals surface area contributed by atoms with Gasteiger partial charge in [-0.25, -0.2) is 4.98 Å². The highest BCUT2D eigenvalue weighted by molar-refractivity contribution is 5.94. The van der Waals surface area contributed by atoms with Crippen molar-refractivity contribution in [2.45, 2.75) is 25.8 Å². The van der Waals surface area contributed by atoms with E-state index in [1.54, 1.807) is 12.3 Å². The predicted molar refractivity (Wildman–Crippen MR) is 89.7 cm³/mol. The molecule has 0 bridgehead atoms. The van der Waals surface area contributed by atoms with Crippen LogP contribution in [0.15, 0.2) is 30.7 Å². The Bertz CT molecular complexity index is 694. The predicted octanol–water partition coefficient (Wildman–Crippen LogP) is 2.13. The van der Waals surface area contributed by atoms with E-state index in [1.165, 1.54) is 0 Å². The number of pyridine rings is 1. The van der Waals surface area contributed by atoms with Crippen LogP contribution in [0.5, 0.6) is 0 Å². The Morgan fingerprint density at radius 3 is 2.91 bits per heavy atom. The van der Waals surface area contributed by atoms with Crippen molar-refractivity contribution in [3.63, 3.8) is 0 Å². The van der Waals surface area contributed by atoms with Crippen LogP contribution in [0.2, 0.25) is 0 Å². The molecule has 0 saturated carbocycles. The molecule has 3 rings (SSSR count). The fourth-order valence-corrected chi connectivity index (χ4v) is 2.97. The Morgan fingerprint density at radius 1 is 1.39 bits per heavy atom. The first-order valence-electron chi connectivity index (χ1n) is 7.98. The maximum atomic E-state index is 12.8. The second-order valence-electron chi connectivity index (χ2n) is 6.34. The second kappa shape index (κ2) is 6.40. The number of aryl methyl sites for hydroxylation is 1. The molecule has 1 aliphatic rings. The first kappa shape index (κ1) is 15.5. The van der Waals surface area contributed by atoms with Gasteiger partial charge in [-0.15, -0.1) is 0 Å². The topological polar surface area (TPSA) is 54.3 Å². The highest BCUT2D eigenvalue weighted by Gasteiger charge is 2.26. The van der Waals surface area contributed by atoms with Crippen LogP contribution in [0.25, 0.3) is 0 Å². The number of nitrogens with zero attached hydrogens (tertiary/aromatic N) is 5. The Labute approximate surface area is 136 Å². The summed E-state index contributed by atoms with van der Waals surface area (Å²) in [6.45, 7) is 3.55. The lowest BCUT2D eigenvalue weighted by Crippen LogP contribution is -2.40. The zero-order chi connectivity index (χ0) is 16.4. The summed E-state index contributed by atoms with van der Waals surface area (Å²) in [7, 11) is 3.85. The fourth-order valence-electron chi connectivity index (χ4n) is 2.97. The van der Waals surface area contributed by atoms with Gasteiger partial charge >= 0.3 is 0 Å². The quantitative estimate of drug-likeness (QED) is 0.871. The maximum Gasteiger partial charge on any atom is 0.254 e. The van der Waals surface area contributed by atoms with E-state index < -0.39 is 0 Å². The van der Waals surface area contributed by atoms with E-state index in [2.05, 4.69) is 16.3 Å². The molecule has 0 aromatic carbocycles. The molecule has 0 radical (unpaired) electrons. The minimum atomic E-state index is 0.0732. The van der Waals surface area contributed by atoms with Gasteiger partial charge in [0, 0.05) is 45.1 Å². The SMILES string of the molecule is Cc1cnn(C2CCCN(C(=O)c3ccnc(N(C)C)c3)C2)c1. The van der Waals surface area contributed by atoms with Gasteiger partial charge in [-0.1, -0.05) is 0 Å². The third-order valence-electron chi connectivity index (χ3n) is 4.24. The van der Waals surface area contributed by atoms with Gasteiger partial charge < -0.3 is 9.80 Å². The number of carbonyl (C=O) groups excluding carboxylic acids is 1. The van der Waals surface area contributed by atoms with E-state index in [4.69, 9.17) is 0 Å². The van der Waals surface area contributed by atoms with E-state index in [-0.39, 0.29) is 11.9 Å². The van der Waals surface area contributed by atoms with Gasteiger partial charge in [0.1, 0.15) is 5.82 Å². The van der Waals surface area contributed by atoms with Crippen molar-refractivity contribution in [2.75, 3.05) is 32.1 Å². The number of hydrogen-bond acceptors (Lipinski definition) is 4. The first-order valence-corrected chi connectivity index (χ1v) is 7.98. The summed E-state index contributed by atoms with van der Waals surface area (Å²) in [5, 5.41) is 4.41. The number of rotatable bonds is 3. The smallest absolute Gasteiger partial charge is 0.254 e. The molecule has 2 aromatic heterocycles. The summed E-state index contributed by atoms with van der Waals surface area (Å²) >= 11 is 0. The van der Waals surface area contributed by atoms with Crippen molar-refractivity contribution in [3.8, 4) is 0 Å². The molecule has 1 atom stereocenters. The molecule has 1 amide bonds. The van der Waals surface area contributed by atoms with Crippen molar-refractivity contribution in [3.05, 3.63) is 41.9 Å². The van der Waals surface area contributed by atoms with Crippen LogP contribution in [-0.4, -0.2) is 52.8 Å². The summed E-state index contributed by atoms with van der Waals surface area (Å²) in [6, 6.07) is 3.90. The molecule has 6 heteroatoms. The third-order valence-corrected chi connectivity index (χ3v) is 4.24. The molecule has 1 fully saturated rings. The summed E-state index contributed by atoms with van der Waals surface area (Å²) in [5.74, 6) is 0.871. The summed E-state index contributed by atoms with van der Waals surface area (Å²) in [6.07, 6.45) is 7.67. The highest BCUT2D eigenvalue weighted by Crippen LogP contribution is 2.23. The molecule has 122 valence electrons. The molecule has 3 heterocycles. The molecule has 2 aromatic rings. The van der Waals surface area contributed by atoms with Gasteiger partial charge in [-0.05, 0) is 37.5 Å². The van der Waals surface area contributed by atoms with Crippen LogP contribution in [0.1, 0.15) is 34.8 Å². The standard InChI is InChI=1S/C17H23N5O/c1-13-10-19-22(11-13)15-5-4-8-21(12-15)17(23)14-6-7-18-16(9-14)20(2)3/h6-7,9-11,15H,4-5,8,12H2,1-3H3. The van der Waals surface area contributed by atoms with Gasteiger partial charge in [0.05, 0.1) is 12.2 Å². The van der Waals surface area contributed by atoms with Gasteiger partial charge in [-0.3, -0.25) is 9.48 Å². The average Bonchev–Trinajstić information content (AvgIpc) is 3.01. The summed E-state index contributed by atoms with van der Waals surface area (Å²) in [5.41, 5.74) is 1.85. The van der Waals surface area contributed by atoms with E-state index >= 15 is 0 Å². The third kappa shape index (κ3) is 3.36. The molecular formula is C17H23N5O. The van der Waals surface area contributed by atoms with Gasteiger partial charge in [-0.2, -0.15) is 5.10 Å². The van der Waals surface area contributed by atoms with Crippen molar-refractivity contribution >= 4 is 11.7 Å². The number of piperidine rings is 1. The van der Waals surface area contributed by atoms with Crippen LogP contribution in [0.3, 0.4) is 0 Å². The molecule has 0 aliphatic carbocycles. The van der Waals surface area contributed by atoms with Gasteiger partial charge in [0.25, 0.3) is 5.91 Å². The lowest BCUT2D eigenvalue weighted by atomic mass is 10.0. The van der Waals surface area contributed by atoms with E-state index in [1.807, 2.05) is 47.8 Å². The highest BCUT2D eigenvalue weighted by atomic mass is 16.2. The normalized spacial score (nSPS) is 18.0. The van der Waals surface area contributed by atoms with Crippen LogP contribution in [0, 0.1) is 6.92 Å². The number of hydrogen-bond donors (Lipinski definition) is 0. The van der Waals surface area contributed by atoms with Gasteiger partial charge in [0.2, 0.25) is 0 Å². The zero-order valence-corrected chi connectivity index (χ0v) is 13.9. The van der Waals surface area contributed by atoms with E-state index in [0.29, 0.717) is 12.1 Å². The molecule has 0 spiro atoms. The summed E-state index contributed by atoms with van der Waals surface area (Å²) in [4.78, 5) is 20.9. The second-order valence-corrected chi connectivity index (χ2v) is 6.34. The maximum absolute atomic E-state index is 12.8. The molecule has 1 aliphatic heterocycles. The molecule has 1 unspecified atom stereocenters. The molecular weight excluding hydrogens is 290 g/mol. The van der Waals surface area contributed by atoms with Gasteiger partial charge in [0.15, 0.2) is 0 Å². The largest absolute Gasteiger partial charge is 0.363 e. The minimum Gasteiger partial charge on any atom is -0.363 e. The number of amides is 1. The van der Waals surface area contributed by atoms with Crippen LogP contribution in [0.4, 0.5) is 5.82 Å². The van der Waals surface area contributed by atoms with Crippen molar-refractivity contribution in [1.29, 1.82) is 0 Å².